The number of fused-ring (bicyclic) bond motifs is 1. The van der Waals surface area contributed by atoms with E-state index in [2.05, 4.69) is 0 Å². The van der Waals surface area contributed by atoms with Crippen LogP contribution >= 0.6 is 22.9 Å². The van der Waals surface area contributed by atoms with Crippen molar-refractivity contribution in [1.29, 1.82) is 0 Å². The van der Waals surface area contributed by atoms with Gasteiger partial charge < -0.3 is 9.47 Å². The molecule has 0 aliphatic rings. The predicted octanol–water partition coefficient (Wildman–Crippen LogP) is 5.72. The Morgan fingerprint density at radius 3 is 2.65 bits per heavy atom. The van der Waals surface area contributed by atoms with Gasteiger partial charge in [-0.05, 0) is 36.4 Å². The average Bonchev–Trinajstić information content (AvgIpc) is 2.97. The highest BCUT2D eigenvalue weighted by molar-refractivity contribution is 7.20. The number of esters is 1. The Morgan fingerprint density at radius 2 is 1.88 bits per heavy atom. The third-order valence-corrected chi connectivity index (χ3v) is 5.20. The number of benzene rings is 2. The molecule has 0 amide bonds. The summed E-state index contributed by atoms with van der Waals surface area (Å²) in [5, 5.41) is 1.62. The van der Waals surface area contributed by atoms with Crippen LogP contribution in [0.1, 0.15) is 11.3 Å². The number of rotatable bonds is 7. The summed E-state index contributed by atoms with van der Waals surface area (Å²) in [6.07, 6.45) is 3.59. The maximum absolute atomic E-state index is 12.8. The van der Waals surface area contributed by atoms with Crippen LogP contribution in [0.5, 0.6) is 5.75 Å². The summed E-state index contributed by atoms with van der Waals surface area (Å²) in [4.78, 5) is 12.6. The molecule has 1 heterocycles. The first-order valence-electron chi connectivity index (χ1n) is 8.04. The van der Waals surface area contributed by atoms with Crippen LogP contribution in [-0.4, -0.2) is 19.2 Å². The van der Waals surface area contributed by atoms with E-state index < -0.39 is 5.97 Å². The molecule has 0 fully saturated rings. The topological polar surface area (TPSA) is 35.5 Å². The second-order valence-corrected chi connectivity index (χ2v) is 6.89. The predicted molar refractivity (Wildman–Crippen MR) is 103 cm³/mol. The van der Waals surface area contributed by atoms with Crippen molar-refractivity contribution >= 4 is 45.1 Å². The zero-order valence-corrected chi connectivity index (χ0v) is 15.4. The summed E-state index contributed by atoms with van der Waals surface area (Å²) >= 11 is 7.84. The van der Waals surface area contributed by atoms with Crippen molar-refractivity contribution in [3.8, 4) is 5.75 Å². The molecule has 3 nitrogen and oxygen atoms in total. The van der Waals surface area contributed by atoms with Crippen LogP contribution in [0.25, 0.3) is 16.2 Å². The lowest BCUT2D eigenvalue weighted by molar-refractivity contribution is -0.137. The van der Waals surface area contributed by atoms with Gasteiger partial charge in [-0.1, -0.05) is 29.8 Å². The molecule has 3 aromatic rings. The molecular weight excluding hydrogens is 375 g/mol. The third-order valence-electron chi connectivity index (χ3n) is 3.55. The van der Waals surface area contributed by atoms with E-state index in [1.807, 2.05) is 24.3 Å². The van der Waals surface area contributed by atoms with Gasteiger partial charge >= 0.3 is 5.97 Å². The maximum atomic E-state index is 12.8. The van der Waals surface area contributed by atoms with E-state index in [9.17, 15) is 9.18 Å². The Bertz CT molecular complexity index is 918. The Morgan fingerprint density at radius 1 is 1.12 bits per heavy atom. The van der Waals surface area contributed by atoms with Crippen molar-refractivity contribution in [3.63, 3.8) is 0 Å². The van der Waals surface area contributed by atoms with Gasteiger partial charge in [0, 0.05) is 27.5 Å². The van der Waals surface area contributed by atoms with Crippen LogP contribution in [0.4, 0.5) is 4.39 Å². The zero-order chi connectivity index (χ0) is 18.4. The largest absolute Gasteiger partial charge is 0.493 e. The molecule has 3 rings (SSSR count). The fraction of sp³-hybridized carbons (Fsp3) is 0.150. The average molecular weight is 391 g/mol. The minimum Gasteiger partial charge on any atom is -0.493 e. The molecule has 134 valence electrons. The van der Waals surface area contributed by atoms with Crippen molar-refractivity contribution in [2.24, 2.45) is 0 Å². The van der Waals surface area contributed by atoms with E-state index in [0.717, 1.165) is 15.0 Å². The Labute approximate surface area is 159 Å². The van der Waals surface area contributed by atoms with Crippen LogP contribution in [-0.2, 0) is 9.53 Å². The van der Waals surface area contributed by atoms with Gasteiger partial charge in [0.15, 0.2) is 0 Å². The van der Waals surface area contributed by atoms with Gasteiger partial charge in [-0.25, -0.2) is 9.18 Å². The highest BCUT2D eigenvalue weighted by Crippen LogP contribution is 2.35. The number of thiophene rings is 1. The first-order chi connectivity index (χ1) is 12.6. The maximum Gasteiger partial charge on any atom is 0.330 e. The molecule has 0 saturated heterocycles. The number of ether oxygens (including phenoxy) is 2. The molecule has 26 heavy (non-hydrogen) atoms. The number of hydrogen-bond donors (Lipinski definition) is 0. The Kier molecular flexibility index (Phi) is 6.26. The molecule has 0 aliphatic carbocycles. The second kappa shape index (κ2) is 8.83. The summed E-state index contributed by atoms with van der Waals surface area (Å²) < 4.78 is 24.4. The molecular formula is C20H16ClFO3S. The molecule has 0 spiro atoms. The molecule has 0 aliphatic heterocycles. The molecule has 0 unspecified atom stereocenters. The number of hydrogen-bond acceptors (Lipinski definition) is 4. The second-order valence-electron chi connectivity index (χ2n) is 5.43. The van der Waals surface area contributed by atoms with Crippen molar-refractivity contribution in [2.75, 3.05) is 13.2 Å². The highest BCUT2D eigenvalue weighted by Gasteiger charge is 2.07. The molecule has 6 heteroatoms. The number of carbonyl (C=O) groups is 1. The number of carbonyl (C=O) groups excluding carboxylic acids is 1. The van der Waals surface area contributed by atoms with Gasteiger partial charge in [0.25, 0.3) is 0 Å². The highest BCUT2D eigenvalue weighted by atomic mass is 35.5. The van der Waals surface area contributed by atoms with Crippen LogP contribution in [0.15, 0.2) is 54.6 Å². The van der Waals surface area contributed by atoms with Gasteiger partial charge in [0.1, 0.15) is 11.6 Å². The van der Waals surface area contributed by atoms with E-state index in [0.29, 0.717) is 23.8 Å². The molecule has 0 saturated carbocycles. The number of halogens is 2. The summed E-state index contributed by atoms with van der Waals surface area (Å²) in [7, 11) is 0. The Hall–Kier alpha value is -2.37. The molecule has 0 bridgehead atoms. The van der Waals surface area contributed by atoms with Crippen LogP contribution < -0.4 is 4.74 Å². The lowest BCUT2D eigenvalue weighted by Crippen LogP contribution is -2.06. The van der Waals surface area contributed by atoms with Crippen molar-refractivity contribution < 1.29 is 18.7 Å². The van der Waals surface area contributed by atoms with E-state index in [-0.39, 0.29) is 12.4 Å². The monoisotopic (exact) mass is 390 g/mol. The SMILES string of the molecule is O=C(/C=C/c1sc2ccccc2c1Cl)OCCCOc1ccc(F)cc1. The fourth-order valence-corrected chi connectivity index (χ4v) is 3.68. The first kappa shape index (κ1) is 18.4. The molecule has 0 atom stereocenters. The van der Waals surface area contributed by atoms with E-state index in [4.69, 9.17) is 21.1 Å². The molecule has 1 aromatic heterocycles. The van der Waals surface area contributed by atoms with Crippen LogP contribution in [0.2, 0.25) is 5.02 Å². The summed E-state index contributed by atoms with van der Waals surface area (Å²) in [5.74, 6) is -0.158. The van der Waals surface area contributed by atoms with Gasteiger partial charge in [0.2, 0.25) is 0 Å². The zero-order valence-electron chi connectivity index (χ0n) is 13.8. The normalized spacial score (nSPS) is 11.2. The van der Waals surface area contributed by atoms with E-state index >= 15 is 0 Å². The van der Waals surface area contributed by atoms with Gasteiger partial charge in [-0.3, -0.25) is 0 Å². The van der Waals surface area contributed by atoms with E-state index in [1.54, 1.807) is 18.2 Å². The third kappa shape index (κ3) is 4.84. The van der Waals surface area contributed by atoms with Crippen LogP contribution in [0, 0.1) is 5.82 Å². The van der Waals surface area contributed by atoms with Crippen molar-refractivity contribution in [3.05, 3.63) is 70.3 Å². The van der Waals surface area contributed by atoms with Crippen molar-refractivity contribution in [1.82, 2.24) is 0 Å². The summed E-state index contributed by atoms with van der Waals surface area (Å²) in [6, 6.07) is 13.6. The molecule has 0 radical (unpaired) electrons. The Balaban J connectivity index is 1.42. The molecule has 0 N–H and O–H groups in total. The van der Waals surface area contributed by atoms with Crippen LogP contribution in [0.3, 0.4) is 0 Å². The minimum atomic E-state index is -0.430. The lowest BCUT2D eigenvalue weighted by atomic mass is 10.2. The quantitative estimate of drug-likeness (QED) is 0.294. The van der Waals surface area contributed by atoms with Gasteiger partial charge in [-0.2, -0.15) is 0 Å². The van der Waals surface area contributed by atoms with Crippen molar-refractivity contribution in [2.45, 2.75) is 6.42 Å². The standard InChI is InChI=1S/C20H16ClFO3S/c21-20-16-4-1-2-5-17(16)26-18(20)10-11-19(23)25-13-3-12-24-15-8-6-14(22)7-9-15/h1-2,4-11H,3,12-13H2/b11-10+. The van der Waals surface area contributed by atoms with Gasteiger partial charge in [0.05, 0.1) is 18.2 Å². The van der Waals surface area contributed by atoms with E-state index in [1.165, 1.54) is 29.5 Å². The lowest BCUT2D eigenvalue weighted by Gasteiger charge is -2.06. The summed E-state index contributed by atoms with van der Waals surface area (Å²) in [6.45, 7) is 0.620. The minimum absolute atomic E-state index is 0.241. The fourth-order valence-electron chi connectivity index (χ4n) is 2.28. The smallest absolute Gasteiger partial charge is 0.330 e. The van der Waals surface area contributed by atoms with Gasteiger partial charge in [-0.15, -0.1) is 11.3 Å². The molecule has 2 aromatic carbocycles. The first-order valence-corrected chi connectivity index (χ1v) is 9.23. The summed E-state index contributed by atoms with van der Waals surface area (Å²) in [5.41, 5.74) is 0.